The van der Waals surface area contributed by atoms with Crippen LogP contribution in [0.15, 0.2) is 24.3 Å². The zero-order valence-electron chi connectivity index (χ0n) is 14.9. The molecule has 7 heteroatoms. The zero-order chi connectivity index (χ0) is 17.9. The van der Waals surface area contributed by atoms with Crippen LogP contribution in [-0.4, -0.2) is 58.2 Å². The van der Waals surface area contributed by atoms with Gasteiger partial charge in [0.1, 0.15) is 6.54 Å². The van der Waals surface area contributed by atoms with Gasteiger partial charge in [-0.3, -0.25) is 9.10 Å². The summed E-state index contributed by atoms with van der Waals surface area (Å²) in [6.07, 6.45) is 6.81. The van der Waals surface area contributed by atoms with Gasteiger partial charge >= 0.3 is 0 Å². The van der Waals surface area contributed by atoms with Gasteiger partial charge in [0.2, 0.25) is 15.9 Å². The fourth-order valence-corrected chi connectivity index (χ4v) is 4.42. The van der Waals surface area contributed by atoms with Crippen LogP contribution in [0.4, 0.5) is 11.4 Å². The molecule has 0 bridgehead atoms. The van der Waals surface area contributed by atoms with Gasteiger partial charge in [0, 0.05) is 31.9 Å². The molecule has 3 rings (SSSR count). The molecular formula is C18H27N3O3S. The minimum Gasteiger partial charge on any atom is -0.372 e. The van der Waals surface area contributed by atoms with Crippen LogP contribution in [0.2, 0.25) is 0 Å². The van der Waals surface area contributed by atoms with Crippen LogP contribution in [0.1, 0.15) is 32.1 Å². The minimum absolute atomic E-state index is 0.122. The van der Waals surface area contributed by atoms with E-state index in [1.165, 1.54) is 23.6 Å². The predicted octanol–water partition coefficient (Wildman–Crippen LogP) is 2.07. The Morgan fingerprint density at radius 2 is 1.52 bits per heavy atom. The molecule has 2 fully saturated rings. The zero-order valence-corrected chi connectivity index (χ0v) is 15.7. The van der Waals surface area contributed by atoms with Gasteiger partial charge in [-0.15, -0.1) is 0 Å². The molecule has 0 aliphatic carbocycles. The van der Waals surface area contributed by atoms with Gasteiger partial charge < -0.3 is 9.80 Å². The third kappa shape index (κ3) is 4.45. The number of sulfonamides is 1. The average molecular weight is 365 g/mol. The fourth-order valence-electron chi connectivity index (χ4n) is 3.57. The van der Waals surface area contributed by atoms with Gasteiger partial charge in [-0.25, -0.2) is 8.42 Å². The van der Waals surface area contributed by atoms with E-state index in [2.05, 4.69) is 4.90 Å². The number of benzene rings is 1. The molecule has 0 saturated carbocycles. The molecule has 0 radical (unpaired) electrons. The van der Waals surface area contributed by atoms with Gasteiger partial charge in [0.25, 0.3) is 0 Å². The first-order chi connectivity index (χ1) is 11.9. The Bertz CT molecular complexity index is 691. The molecule has 2 saturated heterocycles. The minimum atomic E-state index is -3.51. The van der Waals surface area contributed by atoms with E-state index in [0.29, 0.717) is 5.69 Å². The van der Waals surface area contributed by atoms with Crippen LogP contribution in [-0.2, 0) is 14.8 Å². The quantitative estimate of drug-likeness (QED) is 0.801. The summed E-state index contributed by atoms with van der Waals surface area (Å²) in [5.41, 5.74) is 1.67. The van der Waals surface area contributed by atoms with Gasteiger partial charge in [-0.1, -0.05) is 0 Å². The third-order valence-corrected chi connectivity index (χ3v) is 6.14. The third-order valence-electron chi connectivity index (χ3n) is 5.00. The number of hydrogen-bond donors (Lipinski definition) is 0. The molecule has 1 aromatic carbocycles. The Balaban J connectivity index is 1.75. The summed E-state index contributed by atoms with van der Waals surface area (Å²) in [5.74, 6) is -0.122. The SMILES string of the molecule is CS(=O)(=O)N(CC(=O)N1CCCC1)c1ccc(N2CCCCC2)cc1. The number of carbonyl (C=O) groups is 1. The Morgan fingerprint density at radius 3 is 2.08 bits per heavy atom. The van der Waals surface area contributed by atoms with Crippen molar-refractivity contribution in [3.63, 3.8) is 0 Å². The first-order valence-corrected chi connectivity index (χ1v) is 10.9. The monoisotopic (exact) mass is 365 g/mol. The lowest BCUT2D eigenvalue weighted by Crippen LogP contribution is -2.41. The summed E-state index contributed by atoms with van der Waals surface area (Å²) in [6, 6.07) is 7.53. The second kappa shape index (κ2) is 7.64. The Labute approximate surface area is 150 Å². The number of anilines is 2. The van der Waals surface area contributed by atoms with Crippen LogP contribution in [0, 0.1) is 0 Å². The van der Waals surface area contributed by atoms with Crippen molar-refractivity contribution >= 4 is 27.3 Å². The van der Waals surface area contributed by atoms with Crippen molar-refractivity contribution in [2.45, 2.75) is 32.1 Å². The molecule has 0 aromatic heterocycles. The first kappa shape index (κ1) is 18.0. The van der Waals surface area contributed by atoms with E-state index in [4.69, 9.17) is 0 Å². The van der Waals surface area contributed by atoms with Gasteiger partial charge in [0.05, 0.1) is 11.9 Å². The molecule has 0 spiro atoms. The number of piperidine rings is 1. The lowest BCUT2D eigenvalue weighted by molar-refractivity contribution is -0.128. The van der Waals surface area contributed by atoms with E-state index in [1.807, 2.05) is 24.3 Å². The van der Waals surface area contributed by atoms with Crippen molar-refractivity contribution in [2.24, 2.45) is 0 Å². The molecule has 1 aromatic rings. The van der Waals surface area contributed by atoms with Gasteiger partial charge in [0.15, 0.2) is 0 Å². The highest BCUT2D eigenvalue weighted by Gasteiger charge is 2.25. The van der Waals surface area contributed by atoms with Crippen LogP contribution in [0.25, 0.3) is 0 Å². The Kier molecular flexibility index (Phi) is 5.51. The molecule has 2 aliphatic heterocycles. The highest BCUT2D eigenvalue weighted by molar-refractivity contribution is 7.92. The van der Waals surface area contributed by atoms with Gasteiger partial charge in [-0.05, 0) is 56.4 Å². The van der Waals surface area contributed by atoms with Crippen LogP contribution >= 0.6 is 0 Å². The maximum Gasteiger partial charge on any atom is 0.243 e. The molecule has 0 unspecified atom stereocenters. The van der Waals surface area contributed by atoms with Crippen molar-refractivity contribution in [1.82, 2.24) is 4.90 Å². The Morgan fingerprint density at radius 1 is 0.960 bits per heavy atom. The number of rotatable bonds is 5. The first-order valence-electron chi connectivity index (χ1n) is 9.06. The summed E-state index contributed by atoms with van der Waals surface area (Å²) in [4.78, 5) is 16.5. The maximum absolute atomic E-state index is 12.4. The second-order valence-electron chi connectivity index (χ2n) is 6.92. The van der Waals surface area contributed by atoms with Crippen molar-refractivity contribution in [2.75, 3.05) is 48.2 Å². The summed E-state index contributed by atoms with van der Waals surface area (Å²) in [6.45, 7) is 3.42. The molecule has 138 valence electrons. The molecule has 0 atom stereocenters. The fraction of sp³-hybridized carbons (Fsp3) is 0.611. The smallest absolute Gasteiger partial charge is 0.243 e. The van der Waals surface area contributed by atoms with Crippen LogP contribution < -0.4 is 9.21 Å². The van der Waals surface area contributed by atoms with E-state index < -0.39 is 10.0 Å². The maximum atomic E-state index is 12.4. The van der Waals surface area contributed by atoms with Crippen LogP contribution in [0.5, 0.6) is 0 Å². The second-order valence-corrected chi connectivity index (χ2v) is 8.83. The molecule has 6 nitrogen and oxygen atoms in total. The van der Waals surface area contributed by atoms with E-state index in [-0.39, 0.29) is 12.5 Å². The lowest BCUT2D eigenvalue weighted by Gasteiger charge is -2.29. The number of carbonyl (C=O) groups excluding carboxylic acids is 1. The van der Waals surface area contributed by atoms with E-state index >= 15 is 0 Å². The van der Waals surface area contributed by atoms with Gasteiger partial charge in [-0.2, -0.15) is 0 Å². The highest BCUT2D eigenvalue weighted by atomic mass is 32.2. The summed E-state index contributed by atoms with van der Waals surface area (Å²) in [7, 11) is -3.51. The van der Waals surface area contributed by atoms with Crippen molar-refractivity contribution in [3.05, 3.63) is 24.3 Å². The molecule has 1 amide bonds. The van der Waals surface area contributed by atoms with Crippen molar-refractivity contribution in [1.29, 1.82) is 0 Å². The normalized spacial score (nSPS) is 18.4. The van der Waals surface area contributed by atoms with E-state index in [1.54, 1.807) is 4.90 Å². The average Bonchev–Trinajstić information content (AvgIpc) is 3.14. The molecular weight excluding hydrogens is 338 g/mol. The summed E-state index contributed by atoms with van der Waals surface area (Å²) >= 11 is 0. The predicted molar refractivity (Wildman–Crippen MR) is 101 cm³/mol. The number of amides is 1. The molecule has 2 aliphatic rings. The summed E-state index contributed by atoms with van der Waals surface area (Å²) < 4.78 is 25.6. The van der Waals surface area contributed by atoms with Crippen molar-refractivity contribution in [3.8, 4) is 0 Å². The summed E-state index contributed by atoms with van der Waals surface area (Å²) in [5, 5.41) is 0. The number of hydrogen-bond acceptors (Lipinski definition) is 4. The number of nitrogens with zero attached hydrogens (tertiary/aromatic N) is 3. The van der Waals surface area contributed by atoms with E-state index in [9.17, 15) is 13.2 Å². The van der Waals surface area contributed by atoms with E-state index in [0.717, 1.165) is 51.0 Å². The highest BCUT2D eigenvalue weighted by Crippen LogP contribution is 2.25. The van der Waals surface area contributed by atoms with Crippen LogP contribution in [0.3, 0.4) is 0 Å². The largest absolute Gasteiger partial charge is 0.372 e. The number of likely N-dealkylation sites (tertiary alicyclic amines) is 1. The Hall–Kier alpha value is -1.76. The molecule has 25 heavy (non-hydrogen) atoms. The lowest BCUT2D eigenvalue weighted by atomic mass is 10.1. The van der Waals surface area contributed by atoms with Crippen molar-refractivity contribution < 1.29 is 13.2 Å². The molecule has 2 heterocycles. The standard InChI is InChI=1S/C18H27N3O3S/c1-25(23,24)21(15-18(22)20-13-5-6-14-20)17-9-7-16(8-10-17)19-11-3-2-4-12-19/h7-10H,2-6,11-15H2,1H3. The molecule has 0 N–H and O–H groups in total. The topological polar surface area (TPSA) is 60.9 Å².